The molecule has 6 heteroatoms. The van der Waals surface area contributed by atoms with E-state index in [0.29, 0.717) is 38.1 Å². The van der Waals surface area contributed by atoms with Gasteiger partial charge in [0.1, 0.15) is 0 Å². The van der Waals surface area contributed by atoms with Crippen LogP contribution in [0.5, 0.6) is 0 Å². The smallest absolute Gasteiger partial charge is 0.321 e. The number of hydrogen-bond donors (Lipinski definition) is 1. The molecule has 0 amide bonds. The van der Waals surface area contributed by atoms with Crippen LogP contribution in [0.3, 0.4) is 0 Å². The van der Waals surface area contributed by atoms with Crippen LogP contribution in [-0.2, 0) is 15.9 Å². The van der Waals surface area contributed by atoms with Gasteiger partial charge in [0.25, 0.3) is 0 Å². The van der Waals surface area contributed by atoms with E-state index in [1.54, 1.807) is 7.11 Å². The van der Waals surface area contributed by atoms with E-state index in [4.69, 9.17) is 14.0 Å². The summed E-state index contributed by atoms with van der Waals surface area (Å²) in [5.74, 6) is 0.656. The van der Waals surface area contributed by atoms with Gasteiger partial charge in [-0.1, -0.05) is 5.16 Å². The summed E-state index contributed by atoms with van der Waals surface area (Å²) in [6.07, 6.45) is 0.651. The minimum Gasteiger partial charge on any atom is -0.382 e. The first-order chi connectivity index (χ1) is 7.36. The first kappa shape index (κ1) is 11.9. The second-order valence-electron chi connectivity index (χ2n) is 2.90. The first-order valence-electron chi connectivity index (χ1n) is 5.00. The van der Waals surface area contributed by atoms with Crippen molar-refractivity contribution in [3.63, 3.8) is 0 Å². The number of rotatable bonds is 8. The number of hydrogen-bond acceptors (Lipinski definition) is 6. The highest BCUT2D eigenvalue weighted by Gasteiger charge is 2.03. The highest BCUT2D eigenvalue weighted by molar-refractivity contribution is 5.17. The van der Waals surface area contributed by atoms with Gasteiger partial charge in [0.2, 0.25) is 0 Å². The molecule has 1 heterocycles. The second kappa shape index (κ2) is 7.19. The minimum atomic E-state index is 0.462. The molecule has 0 aromatic carbocycles. The Labute approximate surface area is 88.9 Å². The molecule has 0 saturated carbocycles. The van der Waals surface area contributed by atoms with Crippen LogP contribution in [0.25, 0.3) is 0 Å². The number of nitrogens with zero attached hydrogens (tertiary/aromatic N) is 2. The van der Waals surface area contributed by atoms with Crippen molar-refractivity contribution in [2.24, 2.45) is 0 Å². The van der Waals surface area contributed by atoms with Crippen molar-refractivity contribution in [1.82, 2.24) is 10.1 Å². The third-order valence-corrected chi connectivity index (χ3v) is 1.70. The molecule has 6 nitrogen and oxygen atoms in total. The summed E-state index contributed by atoms with van der Waals surface area (Å²) in [6, 6.07) is 0.462. The van der Waals surface area contributed by atoms with Crippen molar-refractivity contribution in [1.29, 1.82) is 0 Å². The zero-order valence-electron chi connectivity index (χ0n) is 9.15. The highest BCUT2D eigenvalue weighted by atomic mass is 16.5. The Morgan fingerprint density at radius 2 is 2.20 bits per heavy atom. The zero-order valence-corrected chi connectivity index (χ0v) is 9.15. The van der Waals surface area contributed by atoms with E-state index in [-0.39, 0.29) is 0 Å². The van der Waals surface area contributed by atoms with Gasteiger partial charge in [-0.05, 0) is 6.92 Å². The summed E-state index contributed by atoms with van der Waals surface area (Å²) in [5.41, 5.74) is 0. The van der Waals surface area contributed by atoms with Gasteiger partial charge >= 0.3 is 6.01 Å². The number of aromatic nitrogens is 2. The summed E-state index contributed by atoms with van der Waals surface area (Å²) < 4.78 is 15.1. The molecular formula is C9H17N3O3. The average molecular weight is 215 g/mol. The standard InChI is InChI=1S/C9H17N3O3/c1-3-10-9-11-8(12-15-9)4-5-14-7-6-13-2/h3-7H2,1-2H3,(H,10,11,12). The maximum atomic E-state index is 5.28. The van der Waals surface area contributed by atoms with Gasteiger partial charge in [-0.3, -0.25) is 0 Å². The SMILES string of the molecule is CCNc1nc(CCOCCOC)no1. The molecule has 86 valence electrons. The van der Waals surface area contributed by atoms with Crippen molar-refractivity contribution in [2.45, 2.75) is 13.3 Å². The van der Waals surface area contributed by atoms with Crippen LogP contribution in [0.2, 0.25) is 0 Å². The predicted octanol–water partition coefficient (Wildman–Crippen LogP) is 0.707. The molecule has 0 spiro atoms. The van der Waals surface area contributed by atoms with Gasteiger partial charge in [-0.15, -0.1) is 0 Å². The summed E-state index contributed by atoms with van der Waals surface area (Å²) in [4.78, 5) is 4.12. The molecule has 0 aliphatic rings. The van der Waals surface area contributed by atoms with Crippen LogP contribution in [-0.4, -0.2) is 43.6 Å². The Kier molecular flexibility index (Phi) is 5.72. The van der Waals surface area contributed by atoms with Crippen LogP contribution in [0.1, 0.15) is 12.7 Å². The fraction of sp³-hybridized carbons (Fsp3) is 0.778. The van der Waals surface area contributed by atoms with Gasteiger partial charge in [-0.25, -0.2) is 0 Å². The molecule has 1 aromatic rings. The summed E-state index contributed by atoms with van der Waals surface area (Å²) in [7, 11) is 1.64. The summed E-state index contributed by atoms with van der Waals surface area (Å²) >= 11 is 0. The molecule has 1 rings (SSSR count). The van der Waals surface area contributed by atoms with Crippen molar-refractivity contribution >= 4 is 6.01 Å². The molecule has 1 N–H and O–H groups in total. The summed E-state index contributed by atoms with van der Waals surface area (Å²) in [6.45, 7) is 4.52. The highest BCUT2D eigenvalue weighted by Crippen LogP contribution is 2.03. The lowest BCUT2D eigenvalue weighted by Crippen LogP contribution is -2.05. The van der Waals surface area contributed by atoms with E-state index in [9.17, 15) is 0 Å². The molecule has 0 unspecified atom stereocenters. The van der Waals surface area contributed by atoms with Crippen LogP contribution in [0, 0.1) is 0 Å². The quantitative estimate of drug-likeness (QED) is 0.644. The monoisotopic (exact) mass is 215 g/mol. The predicted molar refractivity (Wildman–Crippen MR) is 54.9 cm³/mol. The molecule has 0 saturated heterocycles. The molecule has 0 aliphatic carbocycles. The van der Waals surface area contributed by atoms with Crippen molar-refractivity contribution < 1.29 is 14.0 Å². The third-order valence-electron chi connectivity index (χ3n) is 1.70. The van der Waals surface area contributed by atoms with Crippen molar-refractivity contribution in [2.75, 3.05) is 38.8 Å². The van der Waals surface area contributed by atoms with Gasteiger partial charge in [0.15, 0.2) is 5.82 Å². The van der Waals surface area contributed by atoms with E-state index in [1.165, 1.54) is 0 Å². The lowest BCUT2D eigenvalue weighted by Gasteiger charge is -1.99. The van der Waals surface area contributed by atoms with Gasteiger partial charge in [0, 0.05) is 20.1 Å². The molecular weight excluding hydrogens is 198 g/mol. The molecule has 0 radical (unpaired) electrons. The molecule has 15 heavy (non-hydrogen) atoms. The maximum Gasteiger partial charge on any atom is 0.321 e. The number of methoxy groups -OCH3 is 1. The van der Waals surface area contributed by atoms with Crippen LogP contribution in [0.15, 0.2) is 4.52 Å². The maximum absolute atomic E-state index is 5.28. The van der Waals surface area contributed by atoms with Crippen molar-refractivity contribution in [3.8, 4) is 0 Å². The largest absolute Gasteiger partial charge is 0.382 e. The number of ether oxygens (including phenoxy) is 2. The Bertz CT molecular complexity index is 265. The molecule has 1 aromatic heterocycles. The molecule has 0 aliphatic heterocycles. The van der Waals surface area contributed by atoms with Crippen LogP contribution < -0.4 is 5.32 Å². The van der Waals surface area contributed by atoms with Gasteiger partial charge in [-0.2, -0.15) is 4.98 Å². The zero-order chi connectivity index (χ0) is 10.9. The molecule has 0 fully saturated rings. The normalized spacial score (nSPS) is 10.5. The third kappa shape index (κ3) is 4.75. The van der Waals surface area contributed by atoms with Crippen LogP contribution in [0.4, 0.5) is 6.01 Å². The summed E-state index contributed by atoms with van der Waals surface area (Å²) in [5, 5.41) is 6.73. The van der Waals surface area contributed by atoms with Crippen LogP contribution >= 0.6 is 0 Å². The molecule has 0 atom stereocenters. The van der Waals surface area contributed by atoms with Gasteiger partial charge in [0.05, 0.1) is 19.8 Å². The fourth-order valence-corrected chi connectivity index (χ4v) is 0.986. The van der Waals surface area contributed by atoms with Crippen molar-refractivity contribution in [3.05, 3.63) is 5.82 Å². The minimum absolute atomic E-state index is 0.462. The van der Waals surface area contributed by atoms with E-state index < -0.39 is 0 Å². The number of anilines is 1. The first-order valence-corrected chi connectivity index (χ1v) is 5.00. The topological polar surface area (TPSA) is 69.4 Å². The second-order valence-corrected chi connectivity index (χ2v) is 2.90. The Hall–Kier alpha value is -1.14. The van der Waals surface area contributed by atoms with E-state index in [0.717, 1.165) is 6.54 Å². The Balaban J connectivity index is 2.14. The Morgan fingerprint density at radius 3 is 2.93 bits per heavy atom. The van der Waals surface area contributed by atoms with Gasteiger partial charge < -0.3 is 19.3 Å². The fourth-order valence-electron chi connectivity index (χ4n) is 0.986. The average Bonchev–Trinajstić information content (AvgIpc) is 2.66. The van der Waals surface area contributed by atoms with E-state index in [1.807, 2.05) is 6.92 Å². The molecule has 0 bridgehead atoms. The lowest BCUT2D eigenvalue weighted by atomic mass is 10.4. The van der Waals surface area contributed by atoms with E-state index >= 15 is 0 Å². The number of nitrogens with one attached hydrogen (secondary N) is 1. The Morgan fingerprint density at radius 1 is 1.33 bits per heavy atom. The lowest BCUT2D eigenvalue weighted by molar-refractivity contribution is 0.0714. The van der Waals surface area contributed by atoms with E-state index in [2.05, 4.69) is 15.5 Å².